The second-order valence-electron chi connectivity index (χ2n) is 7.42. The maximum absolute atomic E-state index is 13.7. The number of nitrogens with zero attached hydrogens (tertiary/aromatic N) is 2. The van der Waals surface area contributed by atoms with Gasteiger partial charge in [0.1, 0.15) is 0 Å². The zero-order valence-electron chi connectivity index (χ0n) is 18.1. The number of methoxy groups -OCH3 is 1. The number of hydrogen-bond donors (Lipinski definition) is 0. The first-order valence-electron chi connectivity index (χ1n) is 10.2. The summed E-state index contributed by atoms with van der Waals surface area (Å²) < 4.78 is 23.6. The zero-order valence-corrected chi connectivity index (χ0v) is 18.1. The molecule has 0 saturated carbocycles. The molecule has 0 spiro atoms. The summed E-state index contributed by atoms with van der Waals surface area (Å²) in [6.45, 7) is 6.49. The Kier molecular flexibility index (Phi) is 7.28. The fourth-order valence-electron chi connectivity index (χ4n) is 3.50. The number of halogens is 1. The molecule has 2 aromatic carbocycles. The molecule has 1 aliphatic rings. The lowest BCUT2D eigenvalue weighted by Gasteiger charge is -2.37. The van der Waals surface area contributed by atoms with Gasteiger partial charge in [-0.1, -0.05) is 18.2 Å². The van der Waals surface area contributed by atoms with Crippen molar-refractivity contribution in [3.63, 3.8) is 0 Å². The average Bonchev–Trinajstić information content (AvgIpc) is 2.78. The SMILES string of the molecule is COc1ccc(/C=C/C(=O)OCC(=O)N2CCN(c3cccc(C)c3C)CC2)cc1F. The van der Waals surface area contributed by atoms with Crippen molar-refractivity contribution in [2.24, 2.45) is 0 Å². The van der Waals surface area contributed by atoms with Gasteiger partial charge in [-0.05, 0) is 54.8 Å². The second-order valence-corrected chi connectivity index (χ2v) is 7.42. The molecule has 0 N–H and O–H groups in total. The van der Waals surface area contributed by atoms with Gasteiger partial charge in [0.15, 0.2) is 18.2 Å². The summed E-state index contributed by atoms with van der Waals surface area (Å²) in [6.07, 6.45) is 2.60. The molecule has 0 bridgehead atoms. The van der Waals surface area contributed by atoms with Crippen LogP contribution >= 0.6 is 0 Å². The number of rotatable bonds is 6. The van der Waals surface area contributed by atoms with Crippen molar-refractivity contribution in [2.75, 3.05) is 44.8 Å². The van der Waals surface area contributed by atoms with Crippen LogP contribution in [0.25, 0.3) is 6.08 Å². The van der Waals surface area contributed by atoms with E-state index in [1.807, 2.05) is 6.07 Å². The molecule has 31 heavy (non-hydrogen) atoms. The van der Waals surface area contributed by atoms with E-state index in [2.05, 4.69) is 30.9 Å². The van der Waals surface area contributed by atoms with Crippen molar-refractivity contribution >= 4 is 23.6 Å². The molecule has 6 nitrogen and oxygen atoms in total. The number of carbonyl (C=O) groups is 2. The summed E-state index contributed by atoms with van der Waals surface area (Å²) in [6, 6.07) is 10.6. The lowest BCUT2D eigenvalue weighted by Crippen LogP contribution is -2.50. The molecule has 0 aromatic heterocycles. The molecule has 164 valence electrons. The first-order chi connectivity index (χ1) is 14.9. The van der Waals surface area contributed by atoms with Crippen molar-refractivity contribution in [1.29, 1.82) is 0 Å². The second kappa shape index (κ2) is 10.1. The van der Waals surface area contributed by atoms with Crippen molar-refractivity contribution < 1.29 is 23.5 Å². The van der Waals surface area contributed by atoms with Crippen LogP contribution in [0.5, 0.6) is 5.75 Å². The lowest BCUT2D eigenvalue weighted by molar-refractivity contribution is -0.148. The van der Waals surface area contributed by atoms with Crippen LogP contribution in [0.4, 0.5) is 10.1 Å². The van der Waals surface area contributed by atoms with E-state index in [1.165, 1.54) is 48.2 Å². The lowest BCUT2D eigenvalue weighted by atomic mass is 10.1. The summed E-state index contributed by atoms with van der Waals surface area (Å²) in [4.78, 5) is 28.3. The Bertz CT molecular complexity index is 982. The average molecular weight is 426 g/mol. The number of anilines is 1. The van der Waals surface area contributed by atoms with E-state index in [4.69, 9.17) is 9.47 Å². The molecule has 0 radical (unpaired) electrons. The van der Waals surface area contributed by atoms with Crippen molar-refractivity contribution in [1.82, 2.24) is 4.90 Å². The quantitative estimate of drug-likeness (QED) is 0.524. The highest BCUT2D eigenvalue weighted by atomic mass is 19.1. The van der Waals surface area contributed by atoms with Crippen LogP contribution in [-0.2, 0) is 14.3 Å². The third-order valence-electron chi connectivity index (χ3n) is 5.47. The number of benzene rings is 2. The van der Waals surface area contributed by atoms with E-state index in [0.29, 0.717) is 18.7 Å². The van der Waals surface area contributed by atoms with Gasteiger partial charge in [-0.15, -0.1) is 0 Å². The maximum atomic E-state index is 13.7. The molecule has 1 saturated heterocycles. The number of amides is 1. The van der Waals surface area contributed by atoms with E-state index >= 15 is 0 Å². The van der Waals surface area contributed by atoms with Crippen LogP contribution in [0.2, 0.25) is 0 Å². The van der Waals surface area contributed by atoms with Gasteiger partial charge in [-0.25, -0.2) is 9.18 Å². The predicted octanol–water partition coefficient (Wildman–Crippen LogP) is 3.36. The minimum Gasteiger partial charge on any atom is -0.494 e. The molecule has 0 aliphatic carbocycles. The first-order valence-corrected chi connectivity index (χ1v) is 10.2. The van der Waals surface area contributed by atoms with E-state index in [9.17, 15) is 14.0 Å². The Labute approximate surface area is 181 Å². The van der Waals surface area contributed by atoms with Crippen LogP contribution in [0, 0.1) is 19.7 Å². The summed E-state index contributed by atoms with van der Waals surface area (Å²) in [5.74, 6) is -1.27. The number of aryl methyl sites for hydroxylation is 1. The van der Waals surface area contributed by atoms with E-state index in [0.717, 1.165) is 13.1 Å². The topological polar surface area (TPSA) is 59.1 Å². The third-order valence-corrected chi connectivity index (χ3v) is 5.47. The van der Waals surface area contributed by atoms with Gasteiger partial charge < -0.3 is 19.3 Å². The van der Waals surface area contributed by atoms with Crippen LogP contribution in [0.3, 0.4) is 0 Å². The monoisotopic (exact) mass is 426 g/mol. The summed E-state index contributed by atoms with van der Waals surface area (Å²) >= 11 is 0. The standard InChI is InChI=1S/C24H27FN2O4/c1-17-5-4-6-21(18(17)2)26-11-13-27(14-12-26)23(28)16-31-24(29)10-8-19-7-9-22(30-3)20(25)15-19/h4-10,15H,11-14,16H2,1-3H3/b10-8+. The largest absolute Gasteiger partial charge is 0.494 e. The number of carbonyl (C=O) groups excluding carboxylic acids is 2. The minimum atomic E-state index is -0.654. The normalized spacial score (nSPS) is 14.1. The zero-order chi connectivity index (χ0) is 22.4. The van der Waals surface area contributed by atoms with Gasteiger partial charge in [0, 0.05) is 37.9 Å². The highest BCUT2D eigenvalue weighted by Crippen LogP contribution is 2.24. The smallest absolute Gasteiger partial charge is 0.331 e. The van der Waals surface area contributed by atoms with Crippen molar-refractivity contribution in [3.05, 3.63) is 65.0 Å². The molecule has 0 unspecified atom stereocenters. The van der Waals surface area contributed by atoms with Crippen molar-refractivity contribution in [2.45, 2.75) is 13.8 Å². The molecular weight excluding hydrogens is 399 g/mol. The van der Waals surface area contributed by atoms with E-state index in [-0.39, 0.29) is 18.3 Å². The fraction of sp³-hybridized carbons (Fsp3) is 0.333. The summed E-state index contributed by atoms with van der Waals surface area (Å²) in [5, 5.41) is 0. The van der Waals surface area contributed by atoms with Crippen LogP contribution in [0.15, 0.2) is 42.5 Å². The molecule has 1 aliphatic heterocycles. The summed E-state index contributed by atoms with van der Waals surface area (Å²) in [7, 11) is 1.38. The van der Waals surface area contributed by atoms with Gasteiger partial charge in [0.05, 0.1) is 7.11 Å². The van der Waals surface area contributed by atoms with Crippen LogP contribution in [-0.4, -0.2) is 56.7 Å². The molecule has 1 fully saturated rings. The van der Waals surface area contributed by atoms with Crippen LogP contribution < -0.4 is 9.64 Å². The number of piperazine rings is 1. The molecular formula is C24H27FN2O4. The Hall–Kier alpha value is -3.35. The number of ether oxygens (including phenoxy) is 2. The number of esters is 1. The molecule has 3 rings (SSSR count). The number of hydrogen-bond acceptors (Lipinski definition) is 5. The van der Waals surface area contributed by atoms with Crippen molar-refractivity contribution in [3.8, 4) is 5.75 Å². The Morgan fingerprint density at radius 1 is 1.10 bits per heavy atom. The Morgan fingerprint density at radius 3 is 2.52 bits per heavy atom. The summed E-state index contributed by atoms with van der Waals surface area (Å²) in [5.41, 5.74) is 4.18. The molecule has 2 aromatic rings. The molecule has 0 atom stereocenters. The minimum absolute atomic E-state index is 0.128. The highest BCUT2D eigenvalue weighted by molar-refractivity contribution is 5.89. The third kappa shape index (κ3) is 5.63. The molecule has 1 amide bonds. The molecule has 7 heteroatoms. The van der Waals surface area contributed by atoms with Gasteiger partial charge in [0.25, 0.3) is 5.91 Å². The fourth-order valence-corrected chi connectivity index (χ4v) is 3.50. The van der Waals surface area contributed by atoms with Crippen LogP contribution in [0.1, 0.15) is 16.7 Å². The Balaban J connectivity index is 1.46. The van der Waals surface area contributed by atoms with Gasteiger partial charge in [0.2, 0.25) is 0 Å². The van der Waals surface area contributed by atoms with Gasteiger partial charge >= 0.3 is 5.97 Å². The first kappa shape index (κ1) is 22.3. The van der Waals surface area contributed by atoms with Gasteiger partial charge in [-0.3, -0.25) is 4.79 Å². The van der Waals surface area contributed by atoms with E-state index in [1.54, 1.807) is 11.0 Å². The Morgan fingerprint density at radius 2 is 1.84 bits per heavy atom. The van der Waals surface area contributed by atoms with E-state index < -0.39 is 11.8 Å². The maximum Gasteiger partial charge on any atom is 0.331 e. The van der Waals surface area contributed by atoms with Gasteiger partial charge in [-0.2, -0.15) is 0 Å². The predicted molar refractivity (Wildman–Crippen MR) is 118 cm³/mol. The molecule has 1 heterocycles. The highest BCUT2D eigenvalue weighted by Gasteiger charge is 2.22.